The molecule has 2 rings (SSSR count). The predicted molar refractivity (Wildman–Crippen MR) is 88.9 cm³/mol. The number of piperidine rings is 1. The molecule has 1 aromatic rings. The Kier molecular flexibility index (Phi) is 7.48. The number of nitrogens with zero attached hydrogens (tertiary/aromatic N) is 1. The van der Waals surface area contributed by atoms with E-state index in [0.29, 0.717) is 6.54 Å². The highest BCUT2D eigenvalue weighted by molar-refractivity contribution is 5.85. The van der Waals surface area contributed by atoms with Gasteiger partial charge in [0, 0.05) is 31.1 Å². The van der Waals surface area contributed by atoms with E-state index in [1.54, 1.807) is 19.1 Å². The molecule has 1 aliphatic heterocycles. The monoisotopic (exact) mass is 328 g/mol. The van der Waals surface area contributed by atoms with Gasteiger partial charge in [0.25, 0.3) is 0 Å². The molecule has 22 heavy (non-hydrogen) atoms. The van der Waals surface area contributed by atoms with Gasteiger partial charge in [-0.3, -0.25) is 4.79 Å². The van der Waals surface area contributed by atoms with Gasteiger partial charge in [-0.15, -0.1) is 12.4 Å². The molecule has 0 spiro atoms. The van der Waals surface area contributed by atoms with Crippen LogP contribution in [-0.2, 0) is 11.3 Å². The number of amides is 1. The van der Waals surface area contributed by atoms with Crippen molar-refractivity contribution >= 4 is 18.3 Å². The van der Waals surface area contributed by atoms with Crippen molar-refractivity contribution in [2.45, 2.75) is 19.4 Å². The van der Waals surface area contributed by atoms with Crippen molar-refractivity contribution in [2.24, 2.45) is 5.92 Å². The number of carbonyl (C=O) groups excluding carboxylic acids is 1. The van der Waals surface area contributed by atoms with E-state index >= 15 is 0 Å². The zero-order valence-corrected chi connectivity index (χ0v) is 14.2. The Morgan fingerprint density at radius 2 is 1.95 bits per heavy atom. The van der Waals surface area contributed by atoms with Gasteiger partial charge in [-0.2, -0.15) is 0 Å². The Bertz CT molecular complexity index is 490. The van der Waals surface area contributed by atoms with Crippen LogP contribution in [0.5, 0.6) is 11.5 Å². The highest BCUT2D eigenvalue weighted by Gasteiger charge is 2.24. The fourth-order valence-electron chi connectivity index (χ4n) is 2.70. The third-order valence-corrected chi connectivity index (χ3v) is 3.97. The molecule has 0 aromatic heterocycles. The van der Waals surface area contributed by atoms with E-state index in [1.165, 1.54) is 0 Å². The number of methoxy groups -OCH3 is 2. The summed E-state index contributed by atoms with van der Waals surface area (Å²) in [7, 11) is 5.11. The number of ether oxygens (including phenoxy) is 2. The van der Waals surface area contributed by atoms with E-state index < -0.39 is 0 Å². The van der Waals surface area contributed by atoms with Crippen molar-refractivity contribution in [1.29, 1.82) is 0 Å². The fraction of sp³-hybridized carbons (Fsp3) is 0.562. The zero-order valence-electron chi connectivity index (χ0n) is 13.4. The van der Waals surface area contributed by atoms with Crippen LogP contribution in [0.25, 0.3) is 0 Å². The molecule has 1 heterocycles. The van der Waals surface area contributed by atoms with Crippen molar-refractivity contribution < 1.29 is 14.3 Å². The van der Waals surface area contributed by atoms with Gasteiger partial charge < -0.3 is 19.7 Å². The summed E-state index contributed by atoms with van der Waals surface area (Å²) in [6.45, 7) is 2.40. The summed E-state index contributed by atoms with van der Waals surface area (Å²) in [6.07, 6.45) is 1.84. The minimum absolute atomic E-state index is 0. The maximum atomic E-state index is 12.5. The van der Waals surface area contributed by atoms with Crippen LogP contribution in [0.15, 0.2) is 18.2 Å². The van der Waals surface area contributed by atoms with E-state index in [-0.39, 0.29) is 24.2 Å². The maximum absolute atomic E-state index is 12.5. The van der Waals surface area contributed by atoms with Crippen molar-refractivity contribution in [2.75, 3.05) is 34.4 Å². The third kappa shape index (κ3) is 4.52. The van der Waals surface area contributed by atoms with Crippen LogP contribution in [0.1, 0.15) is 18.4 Å². The number of benzene rings is 1. The topological polar surface area (TPSA) is 50.8 Å². The summed E-state index contributed by atoms with van der Waals surface area (Å²) < 4.78 is 10.6. The normalized spacial score (nSPS) is 14.9. The third-order valence-electron chi connectivity index (χ3n) is 3.97. The number of hydrogen-bond donors (Lipinski definition) is 1. The first-order chi connectivity index (χ1) is 10.2. The van der Waals surface area contributed by atoms with Crippen LogP contribution < -0.4 is 14.8 Å². The van der Waals surface area contributed by atoms with Gasteiger partial charge in [0.15, 0.2) is 0 Å². The Balaban J connectivity index is 0.00000242. The van der Waals surface area contributed by atoms with Crippen LogP contribution in [0.3, 0.4) is 0 Å². The van der Waals surface area contributed by atoms with Gasteiger partial charge in [-0.1, -0.05) is 0 Å². The van der Waals surface area contributed by atoms with E-state index in [0.717, 1.165) is 43.0 Å². The van der Waals surface area contributed by atoms with Gasteiger partial charge >= 0.3 is 0 Å². The fourth-order valence-corrected chi connectivity index (χ4v) is 2.70. The van der Waals surface area contributed by atoms with Gasteiger partial charge in [0.1, 0.15) is 11.5 Å². The van der Waals surface area contributed by atoms with E-state index in [2.05, 4.69) is 5.32 Å². The average Bonchev–Trinajstić information content (AvgIpc) is 2.55. The van der Waals surface area contributed by atoms with Crippen molar-refractivity contribution in [3.05, 3.63) is 23.8 Å². The largest absolute Gasteiger partial charge is 0.497 e. The molecule has 0 bridgehead atoms. The molecule has 6 heteroatoms. The predicted octanol–water partition coefficient (Wildman–Crippen LogP) is 2.08. The van der Waals surface area contributed by atoms with Crippen LogP contribution in [0, 0.1) is 5.92 Å². The molecule has 0 radical (unpaired) electrons. The standard InChI is InChI=1S/C16H24N2O3.ClH/c1-18(16(19)12-6-8-17-9-7-12)11-13-4-5-14(20-2)10-15(13)21-3;/h4-5,10,12,17H,6-9,11H2,1-3H3;1H. The quantitative estimate of drug-likeness (QED) is 0.899. The van der Waals surface area contributed by atoms with Crippen molar-refractivity contribution in [3.63, 3.8) is 0 Å². The number of carbonyl (C=O) groups is 1. The average molecular weight is 329 g/mol. The SMILES string of the molecule is COc1ccc(CN(C)C(=O)C2CCNCC2)c(OC)c1.Cl. The first kappa shape index (κ1) is 18.6. The number of hydrogen-bond acceptors (Lipinski definition) is 4. The maximum Gasteiger partial charge on any atom is 0.225 e. The first-order valence-electron chi connectivity index (χ1n) is 7.32. The Labute approximate surface area is 138 Å². The number of rotatable bonds is 5. The Hall–Kier alpha value is -1.46. The lowest BCUT2D eigenvalue weighted by Gasteiger charge is -2.27. The molecule has 0 aliphatic carbocycles. The second kappa shape index (κ2) is 8.86. The highest BCUT2D eigenvalue weighted by Crippen LogP contribution is 2.26. The molecule has 0 atom stereocenters. The molecule has 1 saturated heterocycles. The lowest BCUT2D eigenvalue weighted by Crippen LogP contribution is -2.38. The summed E-state index contributed by atoms with van der Waals surface area (Å²) in [6, 6.07) is 5.68. The molecule has 1 amide bonds. The summed E-state index contributed by atoms with van der Waals surface area (Å²) in [4.78, 5) is 14.2. The van der Waals surface area contributed by atoms with Crippen LogP contribution in [0.2, 0.25) is 0 Å². The smallest absolute Gasteiger partial charge is 0.225 e. The summed E-state index contributed by atoms with van der Waals surface area (Å²) >= 11 is 0. The first-order valence-corrected chi connectivity index (χ1v) is 7.32. The summed E-state index contributed by atoms with van der Waals surface area (Å²) in [5.41, 5.74) is 0.989. The molecular formula is C16H25ClN2O3. The molecule has 1 fully saturated rings. The van der Waals surface area contributed by atoms with Gasteiger partial charge in [0.2, 0.25) is 5.91 Å². The second-order valence-corrected chi connectivity index (χ2v) is 5.40. The molecule has 0 saturated carbocycles. The van der Waals surface area contributed by atoms with Crippen LogP contribution in [-0.4, -0.2) is 45.2 Å². The van der Waals surface area contributed by atoms with E-state index in [4.69, 9.17) is 9.47 Å². The second-order valence-electron chi connectivity index (χ2n) is 5.40. The van der Waals surface area contributed by atoms with Crippen molar-refractivity contribution in [1.82, 2.24) is 10.2 Å². The highest BCUT2D eigenvalue weighted by atomic mass is 35.5. The van der Waals surface area contributed by atoms with E-state index in [1.807, 2.05) is 25.2 Å². The molecule has 5 nitrogen and oxygen atoms in total. The Morgan fingerprint density at radius 1 is 1.27 bits per heavy atom. The molecule has 1 aromatic carbocycles. The zero-order chi connectivity index (χ0) is 15.2. The lowest BCUT2D eigenvalue weighted by atomic mass is 9.96. The number of nitrogens with one attached hydrogen (secondary N) is 1. The lowest BCUT2D eigenvalue weighted by molar-refractivity contribution is -0.135. The summed E-state index contributed by atoms with van der Waals surface area (Å²) in [5.74, 6) is 1.86. The molecule has 1 aliphatic rings. The molecule has 0 unspecified atom stereocenters. The minimum Gasteiger partial charge on any atom is -0.497 e. The van der Waals surface area contributed by atoms with Gasteiger partial charge in [-0.25, -0.2) is 0 Å². The van der Waals surface area contributed by atoms with Gasteiger partial charge in [0.05, 0.1) is 14.2 Å². The van der Waals surface area contributed by atoms with E-state index in [9.17, 15) is 4.79 Å². The minimum atomic E-state index is 0. The van der Waals surface area contributed by atoms with Crippen LogP contribution >= 0.6 is 12.4 Å². The molecular weight excluding hydrogens is 304 g/mol. The molecule has 124 valence electrons. The molecule has 1 N–H and O–H groups in total. The number of halogens is 1. The van der Waals surface area contributed by atoms with Crippen molar-refractivity contribution in [3.8, 4) is 11.5 Å². The summed E-state index contributed by atoms with van der Waals surface area (Å²) in [5, 5.41) is 3.28. The van der Waals surface area contributed by atoms with Gasteiger partial charge in [-0.05, 0) is 38.1 Å². The Morgan fingerprint density at radius 3 is 2.55 bits per heavy atom. The van der Waals surface area contributed by atoms with Crippen LogP contribution in [0.4, 0.5) is 0 Å².